The Morgan fingerprint density at radius 2 is 1.79 bits per heavy atom. The molecule has 1 rings (SSSR count). The molecule has 2 nitrogen and oxygen atoms in total. The summed E-state index contributed by atoms with van der Waals surface area (Å²) in [6.07, 6.45) is 5.18. The normalized spacial score (nSPS) is 11.4. The van der Waals surface area contributed by atoms with Crippen LogP contribution in [0, 0.1) is 12.3 Å². The van der Waals surface area contributed by atoms with E-state index in [4.69, 9.17) is 0 Å². The summed E-state index contributed by atoms with van der Waals surface area (Å²) in [6, 6.07) is 7.90. The summed E-state index contributed by atoms with van der Waals surface area (Å²) in [5, 5.41) is 2.98. The lowest BCUT2D eigenvalue weighted by atomic mass is 9.89. The Bertz CT molecular complexity index is 404. The smallest absolute Gasteiger partial charge is 0.224 e. The lowest BCUT2D eigenvalue weighted by Crippen LogP contribution is -2.12. The number of rotatable bonds is 6. The zero-order valence-electron chi connectivity index (χ0n) is 12.8. The van der Waals surface area contributed by atoms with E-state index in [1.54, 1.807) is 0 Å². The fourth-order valence-electron chi connectivity index (χ4n) is 2.04. The third-order valence-corrected chi connectivity index (χ3v) is 3.25. The maximum atomic E-state index is 11.8. The van der Waals surface area contributed by atoms with Crippen molar-refractivity contribution in [2.24, 2.45) is 5.41 Å². The molecule has 1 aromatic rings. The van der Waals surface area contributed by atoms with E-state index < -0.39 is 0 Å². The summed E-state index contributed by atoms with van der Waals surface area (Å²) < 4.78 is 0. The standard InChI is InChI=1S/C17H27NO/c1-14-10-7-8-11-15(14)18-16(19)12-6-5-9-13-17(2,3)4/h7-8,10-11H,5-6,9,12-13H2,1-4H3,(H,18,19). The van der Waals surface area contributed by atoms with Crippen molar-refractivity contribution >= 4 is 11.6 Å². The summed E-state index contributed by atoms with van der Waals surface area (Å²) in [5.41, 5.74) is 2.45. The van der Waals surface area contributed by atoms with Gasteiger partial charge in [-0.3, -0.25) is 4.79 Å². The molecule has 0 unspecified atom stereocenters. The molecule has 0 fully saturated rings. The van der Waals surface area contributed by atoms with Crippen LogP contribution in [0.2, 0.25) is 0 Å². The van der Waals surface area contributed by atoms with E-state index >= 15 is 0 Å². The Balaban J connectivity index is 2.20. The molecule has 0 heterocycles. The zero-order valence-corrected chi connectivity index (χ0v) is 12.8. The van der Waals surface area contributed by atoms with Crippen molar-refractivity contribution in [1.29, 1.82) is 0 Å². The topological polar surface area (TPSA) is 29.1 Å². The Kier molecular flexibility index (Phi) is 6.07. The van der Waals surface area contributed by atoms with Crippen LogP contribution in [0.3, 0.4) is 0 Å². The molecule has 0 aliphatic carbocycles. The molecular weight excluding hydrogens is 234 g/mol. The fourth-order valence-corrected chi connectivity index (χ4v) is 2.04. The van der Waals surface area contributed by atoms with Crippen molar-refractivity contribution in [2.45, 2.75) is 59.8 Å². The van der Waals surface area contributed by atoms with Crippen LogP contribution in [0.5, 0.6) is 0 Å². The molecular formula is C17H27NO. The third kappa shape index (κ3) is 7.00. The van der Waals surface area contributed by atoms with Gasteiger partial charge >= 0.3 is 0 Å². The molecule has 0 aliphatic rings. The first-order valence-electron chi connectivity index (χ1n) is 7.24. The highest BCUT2D eigenvalue weighted by molar-refractivity contribution is 5.91. The van der Waals surface area contributed by atoms with Crippen LogP contribution in [0.25, 0.3) is 0 Å². The maximum Gasteiger partial charge on any atom is 0.224 e. The van der Waals surface area contributed by atoms with E-state index in [-0.39, 0.29) is 5.91 Å². The van der Waals surface area contributed by atoms with E-state index in [0.29, 0.717) is 11.8 Å². The molecule has 19 heavy (non-hydrogen) atoms. The first-order chi connectivity index (χ1) is 8.88. The van der Waals surface area contributed by atoms with E-state index in [9.17, 15) is 4.79 Å². The third-order valence-electron chi connectivity index (χ3n) is 3.25. The summed E-state index contributed by atoms with van der Waals surface area (Å²) in [6.45, 7) is 8.80. The number of benzene rings is 1. The first kappa shape index (κ1) is 15.7. The van der Waals surface area contributed by atoms with Gasteiger partial charge in [-0.05, 0) is 36.8 Å². The number of nitrogens with one attached hydrogen (secondary N) is 1. The van der Waals surface area contributed by atoms with Crippen molar-refractivity contribution in [3.63, 3.8) is 0 Å². The molecule has 1 amide bonds. The molecule has 1 N–H and O–H groups in total. The van der Waals surface area contributed by atoms with Gasteiger partial charge in [-0.1, -0.05) is 51.8 Å². The molecule has 0 aliphatic heterocycles. The largest absolute Gasteiger partial charge is 0.326 e. The van der Waals surface area contributed by atoms with Gasteiger partial charge in [-0.15, -0.1) is 0 Å². The molecule has 0 radical (unpaired) electrons. The van der Waals surface area contributed by atoms with Gasteiger partial charge in [0.1, 0.15) is 0 Å². The Hall–Kier alpha value is -1.31. The number of amides is 1. The molecule has 106 valence electrons. The van der Waals surface area contributed by atoms with Crippen LogP contribution in [0.4, 0.5) is 5.69 Å². The second-order valence-electron chi connectivity index (χ2n) is 6.48. The Labute approximate surface area is 117 Å². The number of unbranched alkanes of at least 4 members (excludes halogenated alkanes) is 2. The van der Waals surface area contributed by atoms with Crippen LogP contribution in [0.15, 0.2) is 24.3 Å². The van der Waals surface area contributed by atoms with Crippen LogP contribution in [-0.2, 0) is 4.79 Å². The van der Waals surface area contributed by atoms with E-state index in [2.05, 4.69) is 26.1 Å². The van der Waals surface area contributed by atoms with Gasteiger partial charge in [0, 0.05) is 12.1 Å². The highest BCUT2D eigenvalue weighted by atomic mass is 16.1. The van der Waals surface area contributed by atoms with Gasteiger partial charge in [0.2, 0.25) is 5.91 Å². The molecule has 1 aromatic carbocycles. The van der Waals surface area contributed by atoms with Gasteiger partial charge in [-0.2, -0.15) is 0 Å². The molecule has 0 saturated carbocycles. The van der Waals surface area contributed by atoms with Crippen molar-refractivity contribution in [1.82, 2.24) is 0 Å². The summed E-state index contributed by atoms with van der Waals surface area (Å²) in [7, 11) is 0. The van der Waals surface area contributed by atoms with Gasteiger partial charge in [0.25, 0.3) is 0 Å². The van der Waals surface area contributed by atoms with Crippen LogP contribution in [0.1, 0.15) is 58.4 Å². The number of aryl methyl sites for hydroxylation is 1. The Morgan fingerprint density at radius 1 is 1.11 bits per heavy atom. The Morgan fingerprint density at radius 3 is 2.42 bits per heavy atom. The van der Waals surface area contributed by atoms with Crippen LogP contribution < -0.4 is 5.32 Å². The highest BCUT2D eigenvalue weighted by Crippen LogP contribution is 2.22. The minimum atomic E-state index is 0.130. The minimum absolute atomic E-state index is 0.130. The number of hydrogen-bond acceptors (Lipinski definition) is 1. The van der Waals surface area contributed by atoms with Crippen molar-refractivity contribution in [3.05, 3.63) is 29.8 Å². The molecule has 2 heteroatoms. The van der Waals surface area contributed by atoms with Crippen molar-refractivity contribution in [2.75, 3.05) is 5.32 Å². The van der Waals surface area contributed by atoms with E-state index in [1.165, 1.54) is 12.8 Å². The van der Waals surface area contributed by atoms with Gasteiger partial charge in [0.15, 0.2) is 0 Å². The monoisotopic (exact) mass is 261 g/mol. The van der Waals surface area contributed by atoms with E-state index in [0.717, 1.165) is 24.1 Å². The van der Waals surface area contributed by atoms with Gasteiger partial charge < -0.3 is 5.32 Å². The second kappa shape index (κ2) is 7.32. The average Bonchev–Trinajstić information content (AvgIpc) is 2.30. The quantitative estimate of drug-likeness (QED) is 0.723. The SMILES string of the molecule is Cc1ccccc1NC(=O)CCCCCC(C)(C)C. The fraction of sp³-hybridized carbons (Fsp3) is 0.588. The molecule has 0 atom stereocenters. The molecule has 0 saturated heterocycles. The average molecular weight is 261 g/mol. The van der Waals surface area contributed by atoms with Gasteiger partial charge in [0.05, 0.1) is 0 Å². The predicted molar refractivity (Wildman–Crippen MR) is 82.3 cm³/mol. The minimum Gasteiger partial charge on any atom is -0.326 e. The first-order valence-corrected chi connectivity index (χ1v) is 7.24. The van der Waals surface area contributed by atoms with Crippen LogP contribution in [-0.4, -0.2) is 5.91 Å². The number of carbonyl (C=O) groups excluding carboxylic acids is 1. The summed E-state index contributed by atoms with van der Waals surface area (Å²) in [4.78, 5) is 11.8. The summed E-state index contributed by atoms with van der Waals surface area (Å²) >= 11 is 0. The molecule has 0 bridgehead atoms. The van der Waals surface area contributed by atoms with Crippen molar-refractivity contribution in [3.8, 4) is 0 Å². The summed E-state index contributed by atoms with van der Waals surface area (Å²) in [5.74, 6) is 0.130. The maximum absolute atomic E-state index is 11.8. The highest BCUT2D eigenvalue weighted by Gasteiger charge is 2.09. The number of para-hydroxylation sites is 1. The molecule has 0 aromatic heterocycles. The second-order valence-corrected chi connectivity index (χ2v) is 6.48. The lowest BCUT2D eigenvalue weighted by Gasteiger charge is -2.17. The van der Waals surface area contributed by atoms with Crippen LogP contribution >= 0.6 is 0 Å². The lowest BCUT2D eigenvalue weighted by molar-refractivity contribution is -0.116. The zero-order chi connectivity index (χ0) is 14.3. The molecule has 0 spiro atoms. The van der Waals surface area contributed by atoms with E-state index in [1.807, 2.05) is 31.2 Å². The van der Waals surface area contributed by atoms with Gasteiger partial charge in [-0.25, -0.2) is 0 Å². The predicted octanol–water partition coefficient (Wildman–Crippen LogP) is 4.93. The number of carbonyl (C=O) groups is 1. The number of hydrogen-bond donors (Lipinski definition) is 1. The number of anilines is 1. The van der Waals surface area contributed by atoms with Crippen molar-refractivity contribution < 1.29 is 4.79 Å².